The van der Waals surface area contributed by atoms with Gasteiger partial charge in [-0.25, -0.2) is 4.98 Å². The Kier molecular flexibility index (Phi) is 6.28. The molecule has 0 saturated carbocycles. The summed E-state index contributed by atoms with van der Waals surface area (Å²) in [5, 5.41) is 11.1. The molecule has 0 spiro atoms. The van der Waals surface area contributed by atoms with Crippen LogP contribution in [0.1, 0.15) is 12.6 Å². The van der Waals surface area contributed by atoms with E-state index in [1.165, 1.54) is 0 Å². The van der Waals surface area contributed by atoms with E-state index in [1.54, 1.807) is 19.3 Å². The van der Waals surface area contributed by atoms with Crippen molar-refractivity contribution in [2.24, 2.45) is 0 Å². The smallest absolute Gasteiger partial charge is 0.125 e. The molecule has 2 rings (SSSR count). The summed E-state index contributed by atoms with van der Waals surface area (Å²) < 4.78 is 5.99. The molecule has 0 radical (unpaired) electrons. The lowest BCUT2D eigenvalue weighted by molar-refractivity contribution is 0.0388. The third-order valence-corrected chi connectivity index (χ3v) is 3.59. The Labute approximate surface area is 133 Å². The van der Waals surface area contributed by atoms with Gasteiger partial charge in [0.2, 0.25) is 0 Å². The average molecular weight is 354 g/mol. The fraction of sp³-hybridized carbons (Fsp3) is 0.500. The van der Waals surface area contributed by atoms with Crippen molar-refractivity contribution in [3.63, 3.8) is 0 Å². The van der Waals surface area contributed by atoms with Gasteiger partial charge in [-0.3, -0.25) is 9.88 Å². The molecular weight excluding hydrogens is 334 g/mol. The van der Waals surface area contributed by atoms with Crippen LogP contribution in [0.2, 0.25) is 0 Å². The molecule has 0 unspecified atom stereocenters. The van der Waals surface area contributed by atoms with Crippen molar-refractivity contribution in [1.29, 1.82) is 5.41 Å². The van der Waals surface area contributed by atoms with Crippen molar-refractivity contribution in [3.05, 3.63) is 28.9 Å². The first-order valence-electron chi connectivity index (χ1n) is 6.94. The summed E-state index contributed by atoms with van der Waals surface area (Å²) in [6, 6.07) is 0. The number of hydrogen-bond donors (Lipinski definition) is 2. The number of ether oxygens (including phenoxy) is 1. The normalized spacial score (nSPS) is 16.8. The Balaban J connectivity index is 1.90. The predicted molar refractivity (Wildman–Crippen MR) is 86.4 cm³/mol. The third-order valence-electron chi connectivity index (χ3n) is 3.21. The highest BCUT2D eigenvalue weighted by atomic mass is 79.9. The van der Waals surface area contributed by atoms with Crippen LogP contribution in [-0.4, -0.2) is 60.0 Å². The highest BCUT2D eigenvalue weighted by Gasteiger charge is 2.10. The minimum absolute atomic E-state index is 0.460. The second kappa shape index (κ2) is 8.21. The highest BCUT2D eigenvalue weighted by Crippen LogP contribution is 2.14. The molecule has 1 aliphatic rings. The van der Waals surface area contributed by atoms with Crippen molar-refractivity contribution in [2.75, 3.05) is 39.4 Å². The molecule has 0 bridgehead atoms. The number of morpholine rings is 1. The van der Waals surface area contributed by atoms with Crippen LogP contribution in [-0.2, 0) is 4.74 Å². The van der Waals surface area contributed by atoms with Gasteiger partial charge in [0.15, 0.2) is 0 Å². The van der Waals surface area contributed by atoms with Gasteiger partial charge < -0.3 is 15.5 Å². The quantitative estimate of drug-likeness (QED) is 0.599. The molecule has 1 aliphatic heterocycles. The monoisotopic (exact) mass is 353 g/mol. The van der Waals surface area contributed by atoms with Crippen LogP contribution < -0.4 is 5.32 Å². The molecule has 1 saturated heterocycles. The standard InChI is InChI=1S/C14H20BrN5O/c1-11(16)12(13-9-18-10-14(15)19-13)8-17-2-3-20-4-6-21-7-5-20/h8-10,16-17H,2-7H2,1H3/b12-8+,16-11?. The zero-order valence-electron chi connectivity index (χ0n) is 12.1. The number of nitrogens with one attached hydrogen (secondary N) is 2. The van der Waals surface area contributed by atoms with E-state index in [9.17, 15) is 0 Å². The summed E-state index contributed by atoms with van der Waals surface area (Å²) in [6.07, 6.45) is 5.14. The van der Waals surface area contributed by atoms with Crippen LogP contribution in [0.15, 0.2) is 23.2 Å². The molecular formula is C14H20BrN5O. The Morgan fingerprint density at radius 3 is 2.90 bits per heavy atom. The zero-order valence-corrected chi connectivity index (χ0v) is 13.7. The number of nitrogens with zero attached hydrogens (tertiary/aromatic N) is 3. The Hall–Kier alpha value is -1.31. The van der Waals surface area contributed by atoms with Gasteiger partial charge in [0.05, 0.1) is 31.3 Å². The fourth-order valence-electron chi connectivity index (χ4n) is 2.07. The molecule has 0 aliphatic carbocycles. The minimum Gasteiger partial charge on any atom is -0.389 e. The molecule has 1 aromatic rings. The first-order chi connectivity index (χ1) is 10.2. The lowest BCUT2D eigenvalue weighted by Crippen LogP contribution is -2.39. The largest absolute Gasteiger partial charge is 0.389 e. The van der Waals surface area contributed by atoms with Crippen LogP contribution in [0.25, 0.3) is 5.57 Å². The molecule has 114 valence electrons. The summed E-state index contributed by atoms with van der Waals surface area (Å²) >= 11 is 3.30. The SMILES string of the molecule is CC(=N)/C(=C\NCCN1CCOCC1)c1cncc(Br)n1. The van der Waals surface area contributed by atoms with E-state index >= 15 is 0 Å². The zero-order chi connectivity index (χ0) is 15.1. The number of aromatic nitrogens is 2. The molecule has 0 aromatic carbocycles. The van der Waals surface area contributed by atoms with Gasteiger partial charge >= 0.3 is 0 Å². The lowest BCUT2D eigenvalue weighted by Gasteiger charge is -2.26. The molecule has 2 heterocycles. The van der Waals surface area contributed by atoms with Crippen LogP contribution in [0.4, 0.5) is 0 Å². The summed E-state index contributed by atoms with van der Waals surface area (Å²) in [5.74, 6) is 0. The molecule has 7 heteroatoms. The van der Waals surface area contributed by atoms with E-state index < -0.39 is 0 Å². The number of halogens is 1. The van der Waals surface area contributed by atoms with Gasteiger partial charge in [0.1, 0.15) is 4.60 Å². The first-order valence-corrected chi connectivity index (χ1v) is 7.73. The molecule has 1 aromatic heterocycles. The topological polar surface area (TPSA) is 74.1 Å². The van der Waals surface area contributed by atoms with Gasteiger partial charge in [0, 0.05) is 43.7 Å². The van der Waals surface area contributed by atoms with E-state index in [4.69, 9.17) is 10.1 Å². The van der Waals surface area contributed by atoms with Crippen molar-refractivity contribution in [2.45, 2.75) is 6.92 Å². The Morgan fingerprint density at radius 1 is 1.48 bits per heavy atom. The van der Waals surface area contributed by atoms with Crippen molar-refractivity contribution in [1.82, 2.24) is 20.2 Å². The molecule has 0 amide bonds. The van der Waals surface area contributed by atoms with Gasteiger partial charge in [0.25, 0.3) is 0 Å². The van der Waals surface area contributed by atoms with Gasteiger partial charge in [-0.15, -0.1) is 0 Å². The van der Waals surface area contributed by atoms with E-state index in [0.29, 0.717) is 16.0 Å². The molecule has 0 atom stereocenters. The highest BCUT2D eigenvalue weighted by molar-refractivity contribution is 9.10. The van der Waals surface area contributed by atoms with Crippen LogP contribution >= 0.6 is 15.9 Å². The Bertz CT molecular complexity index is 514. The van der Waals surface area contributed by atoms with Gasteiger partial charge in [-0.05, 0) is 22.9 Å². The van der Waals surface area contributed by atoms with Gasteiger partial charge in [-0.1, -0.05) is 0 Å². The van der Waals surface area contributed by atoms with Crippen LogP contribution in [0.3, 0.4) is 0 Å². The summed E-state index contributed by atoms with van der Waals surface area (Å²) in [5.41, 5.74) is 1.91. The van der Waals surface area contributed by atoms with E-state index in [-0.39, 0.29) is 0 Å². The van der Waals surface area contributed by atoms with Crippen molar-refractivity contribution >= 4 is 27.2 Å². The Morgan fingerprint density at radius 2 is 2.24 bits per heavy atom. The predicted octanol–water partition coefficient (Wildman–Crippen LogP) is 1.54. The second-order valence-corrected chi connectivity index (χ2v) is 5.63. The van der Waals surface area contributed by atoms with E-state index in [1.807, 2.05) is 6.20 Å². The number of allylic oxidation sites excluding steroid dienone is 1. The summed E-state index contributed by atoms with van der Waals surface area (Å²) in [4.78, 5) is 10.8. The third kappa shape index (κ3) is 5.18. The van der Waals surface area contributed by atoms with Crippen molar-refractivity contribution in [3.8, 4) is 0 Å². The average Bonchev–Trinajstić information content (AvgIpc) is 2.48. The van der Waals surface area contributed by atoms with Crippen LogP contribution in [0, 0.1) is 5.41 Å². The maximum Gasteiger partial charge on any atom is 0.125 e. The van der Waals surface area contributed by atoms with Crippen LogP contribution in [0.5, 0.6) is 0 Å². The summed E-state index contributed by atoms with van der Waals surface area (Å²) in [7, 11) is 0. The molecule has 1 fully saturated rings. The molecule has 6 nitrogen and oxygen atoms in total. The fourth-order valence-corrected chi connectivity index (χ4v) is 2.38. The van der Waals surface area contributed by atoms with E-state index in [2.05, 4.69) is 36.1 Å². The second-order valence-electron chi connectivity index (χ2n) is 4.82. The maximum absolute atomic E-state index is 7.87. The van der Waals surface area contributed by atoms with Gasteiger partial charge in [-0.2, -0.15) is 0 Å². The molecule has 21 heavy (non-hydrogen) atoms. The summed E-state index contributed by atoms with van der Waals surface area (Å²) in [6.45, 7) is 7.14. The van der Waals surface area contributed by atoms with E-state index in [0.717, 1.165) is 45.0 Å². The number of rotatable bonds is 6. The number of hydrogen-bond acceptors (Lipinski definition) is 6. The maximum atomic E-state index is 7.87. The van der Waals surface area contributed by atoms with Crippen molar-refractivity contribution < 1.29 is 4.74 Å². The lowest BCUT2D eigenvalue weighted by atomic mass is 10.1. The minimum atomic E-state index is 0.460. The first kappa shape index (κ1) is 16.1. The molecule has 2 N–H and O–H groups in total.